The maximum Gasteiger partial charge on any atom is 0.322 e. The molecule has 0 aliphatic carbocycles. The molecule has 0 aliphatic rings. The minimum atomic E-state index is -0.834. The number of carbonyl (C=O) groups is 1. The van der Waals surface area contributed by atoms with Gasteiger partial charge in [-0.2, -0.15) is 0 Å². The molecule has 5 heteroatoms. The van der Waals surface area contributed by atoms with E-state index in [1.165, 1.54) is 13.2 Å². The second kappa shape index (κ2) is 5.41. The first-order chi connectivity index (χ1) is 7.45. The van der Waals surface area contributed by atoms with Gasteiger partial charge in [-0.25, -0.2) is 4.39 Å². The highest BCUT2D eigenvalue weighted by Crippen LogP contribution is 2.21. The van der Waals surface area contributed by atoms with Gasteiger partial charge in [0.05, 0.1) is 7.11 Å². The lowest BCUT2D eigenvalue weighted by Crippen LogP contribution is -2.34. The van der Waals surface area contributed by atoms with Crippen molar-refractivity contribution in [1.82, 2.24) is 0 Å². The van der Waals surface area contributed by atoms with Crippen LogP contribution in [0.25, 0.3) is 0 Å². The van der Waals surface area contributed by atoms with Crippen LogP contribution in [0.5, 0.6) is 0 Å². The SMILES string of the molecule is COC(=O)[C@H](N)Cc1c(C)cc(Br)cc1F. The summed E-state index contributed by atoms with van der Waals surface area (Å²) in [5.74, 6) is -0.909. The van der Waals surface area contributed by atoms with Crippen LogP contribution in [-0.2, 0) is 16.0 Å². The molecule has 0 amide bonds. The molecule has 3 nitrogen and oxygen atoms in total. The van der Waals surface area contributed by atoms with Crippen LogP contribution in [-0.4, -0.2) is 19.1 Å². The van der Waals surface area contributed by atoms with Crippen molar-refractivity contribution < 1.29 is 13.9 Å². The quantitative estimate of drug-likeness (QED) is 0.866. The van der Waals surface area contributed by atoms with Gasteiger partial charge in [0.25, 0.3) is 0 Å². The van der Waals surface area contributed by atoms with Crippen molar-refractivity contribution in [2.75, 3.05) is 7.11 Å². The normalized spacial score (nSPS) is 12.3. The highest BCUT2D eigenvalue weighted by Gasteiger charge is 2.18. The summed E-state index contributed by atoms with van der Waals surface area (Å²) in [6.07, 6.45) is 0.137. The third-order valence-electron chi connectivity index (χ3n) is 2.31. The number of nitrogens with two attached hydrogens (primary N) is 1. The predicted octanol–water partition coefficient (Wildman–Crippen LogP) is 1.94. The molecule has 1 aromatic carbocycles. The highest BCUT2D eigenvalue weighted by atomic mass is 79.9. The van der Waals surface area contributed by atoms with E-state index in [1.54, 1.807) is 13.0 Å². The van der Waals surface area contributed by atoms with Gasteiger partial charge in [-0.1, -0.05) is 15.9 Å². The topological polar surface area (TPSA) is 52.3 Å². The molecule has 0 fully saturated rings. The van der Waals surface area contributed by atoms with Gasteiger partial charge < -0.3 is 10.5 Å². The largest absolute Gasteiger partial charge is 0.468 e. The molecule has 1 aromatic rings. The van der Waals surface area contributed by atoms with Gasteiger partial charge in [0.15, 0.2) is 0 Å². The van der Waals surface area contributed by atoms with Gasteiger partial charge >= 0.3 is 5.97 Å². The zero-order valence-corrected chi connectivity index (χ0v) is 10.7. The van der Waals surface area contributed by atoms with E-state index >= 15 is 0 Å². The first-order valence-electron chi connectivity index (χ1n) is 4.73. The Labute approximate surface area is 102 Å². The van der Waals surface area contributed by atoms with E-state index in [9.17, 15) is 9.18 Å². The highest BCUT2D eigenvalue weighted by molar-refractivity contribution is 9.10. The average molecular weight is 290 g/mol. The fraction of sp³-hybridized carbons (Fsp3) is 0.364. The van der Waals surface area contributed by atoms with Crippen molar-refractivity contribution in [3.63, 3.8) is 0 Å². The maximum absolute atomic E-state index is 13.6. The lowest BCUT2D eigenvalue weighted by atomic mass is 10.0. The Bertz CT molecular complexity index is 386. The second-order valence-corrected chi connectivity index (χ2v) is 4.43. The summed E-state index contributed by atoms with van der Waals surface area (Å²) >= 11 is 3.19. The number of methoxy groups -OCH3 is 1. The molecular formula is C11H13BrFNO2. The minimum Gasteiger partial charge on any atom is -0.468 e. The monoisotopic (exact) mass is 289 g/mol. The van der Waals surface area contributed by atoms with E-state index < -0.39 is 12.0 Å². The first-order valence-corrected chi connectivity index (χ1v) is 5.53. The van der Waals surface area contributed by atoms with Gasteiger partial charge in [-0.3, -0.25) is 4.79 Å². The van der Waals surface area contributed by atoms with E-state index in [-0.39, 0.29) is 12.2 Å². The van der Waals surface area contributed by atoms with Crippen LogP contribution >= 0.6 is 15.9 Å². The molecule has 0 saturated carbocycles. The Balaban J connectivity index is 2.93. The van der Waals surface area contributed by atoms with E-state index in [0.29, 0.717) is 10.0 Å². The predicted molar refractivity (Wildman–Crippen MR) is 62.5 cm³/mol. The lowest BCUT2D eigenvalue weighted by molar-refractivity contribution is -0.142. The second-order valence-electron chi connectivity index (χ2n) is 3.52. The molecule has 0 radical (unpaired) electrons. The number of rotatable bonds is 3. The standard InChI is InChI=1S/C11H13BrFNO2/c1-6-3-7(12)4-9(13)8(6)5-10(14)11(15)16-2/h3-4,10H,5,14H2,1-2H3/t10-/m1/s1. The average Bonchev–Trinajstić information content (AvgIpc) is 2.21. The van der Waals surface area contributed by atoms with Crippen LogP contribution in [0.2, 0.25) is 0 Å². The van der Waals surface area contributed by atoms with Crippen molar-refractivity contribution in [3.05, 3.63) is 33.5 Å². The van der Waals surface area contributed by atoms with Gasteiger partial charge in [0, 0.05) is 10.9 Å². The summed E-state index contributed by atoms with van der Waals surface area (Å²) in [5.41, 5.74) is 6.78. The molecule has 0 unspecified atom stereocenters. The Morgan fingerprint density at radius 2 is 2.25 bits per heavy atom. The first kappa shape index (κ1) is 13.1. The lowest BCUT2D eigenvalue weighted by Gasteiger charge is -2.12. The van der Waals surface area contributed by atoms with Crippen LogP contribution < -0.4 is 5.73 Å². The van der Waals surface area contributed by atoms with Crippen molar-refractivity contribution in [2.24, 2.45) is 5.73 Å². The molecule has 88 valence electrons. The van der Waals surface area contributed by atoms with Gasteiger partial charge in [0.1, 0.15) is 11.9 Å². The number of carbonyl (C=O) groups excluding carboxylic acids is 1. The number of halogens is 2. The van der Waals surface area contributed by atoms with Crippen LogP contribution in [0, 0.1) is 12.7 Å². The molecule has 0 spiro atoms. The summed E-state index contributed by atoms with van der Waals surface area (Å²) in [6, 6.07) is 2.30. The van der Waals surface area contributed by atoms with Crippen molar-refractivity contribution >= 4 is 21.9 Å². The zero-order chi connectivity index (χ0) is 12.3. The van der Waals surface area contributed by atoms with Crippen molar-refractivity contribution in [3.8, 4) is 0 Å². The molecule has 0 aromatic heterocycles. The zero-order valence-electron chi connectivity index (χ0n) is 9.09. The third kappa shape index (κ3) is 3.02. The van der Waals surface area contributed by atoms with Crippen LogP contribution in [0.3, 0.4) is 0 Å². The van der Waals surface area contributed by atoms with E-state index in [2.05, 4.69) is 20.7 Å². The number of esters is 1. The van der Waals surface area contributed by atoms with Crippen LogP contribution in [0.1, 0.15) is 11.1 Å². The molecule has 1 atom stereocenters. The summed E-state index contributed by atoms with van der Waals surface area (Å²) in [4.78, 5) is 11.1. The fourth-order valence-electron chi connectivity index (χ4n) is 1.45. The number of hydrogen-bond acceptors (Lipinski definition) is 3. The molecular weight excluding hydrogens is 277 g/mol. The van der Waals surface area contributed by atoms with Crippen molar-refractivity contribution in [1.29, 1.82) is 0 Å². The Hall–Kier alpha value is -0.940. The Morgan fingerprint density at radius 1 is 1.62 bits per heavy atom. The number of benzene rings is 1. The van der Waals surface area contributed by atoms with E-state index in [0.717, 1.165) is 5.56 Å². The molecule has 0 heterocycles. The molecule has 0 saturated heterocycles. The van der Waals surface area contributed by atoms with Crippen LogP contribution in [0.4, 0.5) is 4.39 Å². The maximum atomic E-state index is 13.6. The number of ether oxygens (including phenoxy) is 1. The van der Waals surface area contributed by atoms with E-state index in [1.807, 2.05) is 0 Å². The Kier molecular flexibility index (Phi) is 4.44. The Morgan fingerprint density at radius 3 is 2.75 bits per heavy atom. The number of hydrogen-bond donors (Lipinski definition) is 1. The molecule has 16 heavy (non-hydrogen) atoms. The molecule has 0 aliphatic heterocycles. The number of aryl methyl sites for hydroxylation is 1. The van der Waals surface area contributed by atoms with Gasteiger partial charge in [0.2, 0.25) is 0 Å². The summed E-state index contributed by atoms with van der Waals surface area (Å²) in [5, 5.41) is 0. The molecule has 2 N–H and O–H groups in total. The smallest absolute Gasteiger partial charge is 0.322 e. The van der Waals surface area contributed by atoms with Crippen molar-refractivity contribution in [2.45, 2.75) is 19.4 Å². The summed E-state index contributed by atoms with van der Waals surface area (Å²) < 4.78 is 18.8. The minimum absolute atomic E-state index is 0.137. The fourth-order valence-corrected chi connectivity index (χ4v) is 1.99. The molecule has 1 rings (SSSR count). The molecule has 0 bridgehead atoms. The van der Waals surface area contributed by atoms with E-state index in [4.69, 9.17) is 5.73 Å². The van der Waals surface area contributed by atoms with Gasteiger partial charge in [-0.05, 0) is 30.2 Å². The summed E-state index contributed by atoms with van der Waals surface area (Å²) in [6.45, 7) is 1.77. The third-order valence-corrected chi connectivity index (χ3v) is 2.77. The van der Waals surface area contributed by atoms with Gasteiger partial charge in [-0.15, -0.1) is 0 Å². The summed E-state index contributed by atoms with van der Waals surface area (Å²) in [7, 11) is 1.26. The van der Waals surface area contributed by atoms with Crippen LogP contribution in [0.15, 0.2) is 16.6 Å².